The molecule has 0 saturated heterocycles. The van der Waals surface area contributed by atoms with Crippen LogP contribution in [0.2, 0.25) is 0 Å². The zero-order valence-electron chi connectivity index (χ0n) is 10.3. The molecule has 1 atom stereocenters. The molecule has 1 aliphatic heterocycles. The van der Waals surface area contributed by atoms with Gasteiger partial charge in [-0.15, -0.1) is 11.3 Å². The fraction of sp³-hybridized carbons (Fsp3) is 0.333. The second kappa shape index (κ2) is 4.28. The van der Waals surface area contributed by atoms with Gasteiger partial charge in [0.1, 0.15) is 0 Å². The van der Waals surface area contributed by atoms with E-state index in [-0.39, 0.29) is 0 Å². The third-order valence-corrected chi connectivity index (χ3v) is 4.46. The summed E-state index contributed by atoms with van der Waals surface area (Å²) in [6.07, 6.45) is 0. The average molecular weight is 243 g/mol. The van der Waals surface area contributed by atoms with Crippen LogP contribution >= 0.6 is 11.3 Å². The van der Waals surface area contributed by atoms with E-state index in [2.05, 4.69) is 54.6 Å². The largest absolute Gasteiger partial charge is 0.300 e. The summed E-state index contributed by atoms with van der Waals surface area (Å²) < 4.78 is 0. The predicted octanol–water partition coefficient (Wildman–Crippen LogP) is 3.63. The Morgan fingerprint density at radius 3 is 2.71 bits per heavy atom. The van der Waals surface area contributed by atoms with Crippen LogP contribution in [-0.4, -0.2) is 18.5 Å². The minimum absolute atomic E-state index is 0.551. The van der Waals surface area contributed by atoms with Crippen LogP contribution in [0, 0.1) is 6.92 Å². The minimum Gasteiger partial charge on any atom is -0.300 e. The van der Waals surface area contributed by atoms with Crippen molar-refractivity contribution in [2.75, 3.05) is 13.6 Å². The Kier molecular flexibility index (Phi) is 2.77. The number of aryl methyl sites for hydroxylation is 1. The van der Waals surface area contributed by atoms with Gasteiger partial charge in [0.2, 0.25) is 0 Å². The topological polar surface area (TPSA) is 3.24 Å². The Morgan fingerprint density at radius 1 is 1.18 bits per heavy atom. The van der Waals surface area contributed by atoms with E-state index >= 15 is 0 Å². The van der Waals surface area contributed by atoms with Crippen molar-refractivity contribution in [3.8, 4) is 0 Å². The average Bonchev–Trinajstić information content (AvgIpc) is 2.77. The predicted molar refractivity (Wildman–Crippen MR) is 73.7 cm³/mol. The van der Waals surface area contributed by atoms with E-state index < -0.39 is 0 Å². The number of thiophene rings is 1. The molecule has 0 unspecified atom stereocenters. The molecule has 0 bridgehead atoms. The lowest BCUT2D eigenvalue weighted by molar-refractivity contribution is 0.299. The van der Waals surface area contributed by atoms with Gasteiger partial charge in [0.15, 0.2) is 0 Å². The van der Waals surface area contributed by atoms with Crippen molar-refractivity contribution in [1.82, 2.24) is 4.90 Å². The molecule has 3 rings (SSSR count). The Labute approximate surface area is 107 Å². The summed E-state index contributed by atoms with van der Waals surface area (Å²) in [4.78, 5) is 3.95. The number of hydrogen-bond donors (Lipinski definition) is 0. The second-order valence-electron chi connectivity index (χ2n) is 4.96. The normalized spacial score (nSPS) is 20.2. The molecule has 0 spiro atoms. The van der Waals surface area contributed by atoms with Gasteiger partial charge in [-0.3, -0.25) is 0 Å². The SMILES string of the molecule is Cc1ccc([C@@H]2CN(C)Cc3sccc32)cc1. The molecule has 1 aliphatic rings. The first kappa shape index (κ1) is 11.0. The van der Waals surface area contributed by atoms with E-state index in [0.29, 0.717) is 5.92 Å². The number of rotatable bonds is 1. The van der Waals surface area contributed by atoms with Crippen LogP contribution in [-0.2, 0) is 6.54 Å². The van der Waals surface area contributed by atoms with Crippen LogP contribution in [0.5, 0.6) is 0 Å². The number of hydrogen-bond acceptors (Lipinski definition) is 2. The third kappa shape index (κ3) is 2.03. The Bertz CT molecular complexity index is 512. The molecule has 0 fully saturated rings. The molecule has 0 radical (unpaired) electrons. The number of benzene rings is 1. The molecule has 88 valence electrons. The number of fused-ring (bicyclic) bond motifs is 1. The van der Waals surface area contributed by atoms with Gasteiger partial charge in [-0.1, -0.05) is 29.8 Å². The standard InChI is InChI=1S/C15H17NS/c1-11-3-5-12(6-4-11)14-9-16(2)10-15-13(14)7-8-17-15/h3-8,14H,9-10H2,1-2H3/t14-/m0/s1. The first-order valence-electron chi connectivity index (χ1n) is 6.05. The summed E-state index contributed by atoms with van der Waals surface area (Å²) in [5.74, 6) is 0.551. The van der Waals surface area contributed by atoms with Crippen molar-refractivity contribution in [2.45, 2.75) is 19.4 Å². The molecule has 0 aliphatic carbocycles. The second-order valence-corrected chi connectivity index (χ2v) is 5.96. The fourth-order valence-electron chi connectivity index (χ4n) is 2.59. The van der Waals surface area contributed by atoms with E-state index in [1.807, 2.05) is 11.3 Å². The van der Waals surface area contributed by atoms with Crippen molar-refractivity contribution >= 4 is 11.3 Å². The van der Waals surface area contributed by atoms with Gasteiger partial charge < -0.3 is 4.90 Å². The molecule has 2 aromatic rings. The molecule has 2 heterocycles. The Morgan fingerprint density at radius 2 is 1.94 bits per heavy atom. The van der Waals surface area contributed by atoms with E-state index in [9.17, 15) is 0 Å². The summed E-state index contributed by atoms with van der Waals surface area (Å²) in [6.45, 7) is 4.38. The van der Waals surface area contributed by atoms with Crippen LogP contribution in [0.15, 0.2) is 35.7 Å². The Hall–Kier alpha value is -1.12. The molecule has 1 nitrogen and oxygen atoms in total. The fourth-order valence-corrected chi connectivity index (χ4v) is 3.61. The van der Waals surface area contributed by atoms with Gasteiger partial charge in [-0.2, -0.15) is 0 Å². The summed E-state index contributed by atoms with van der Waals surface area (Å²) in [5.41, 5.74) is 4.32. The van der Waals surface area contributed by atoms with Crippen molar-refractivity contribution in [2.24, 2.45) is 0 Å². The van der Waals surface area contributed by atoms with E-state index in [1.165, 1.54) is 21.6 Å². The zero-order valence-corrected chi connectivity index (χ0v) is 11.1. The maximum atomic E-state index is 2.42. The summed E-state index contributed by atoms with van der Waals surface area (Å²) in [7, 11) is 2.21. The summed E-state index contributed by atoms with van der Waals surface area (Å²) in [6, 6.07) is 11.3. The Balaban J connectivity index is 2.01. The molecule has 17 heavy (non-hydrogen) atoms. The van der Waals surface area contributed by atoms with Gasteiger partial charge in [0, 0.05) is 23.9 Å². The molecule has 1 aromatic carbocycles. The smallest absolute Gasteiger partial charge is 0.0328 e. The van der Waals surface area contributed by atoms with Crippen molar-refractivity contribution in [3.05, 3.63) is 57.3 Å². The van der Waals surface area contributed by atoms with Crippen LogP contribution in [0.1, 0.15) is 27.5 Å². The summed E-state index contributed by atoms with van der Waals surface area (Å²) >= 11 is 1.89. The highest BCUT2D eigenvalue weighted by molar-refractivity contribution is 7.10. The lowest BCUT2D eigenvalue weighted by atomic mass is 9.88. The number of nitrogens with zero attached hydrogens (tertiary/aromatic N) is 1. The zero-order chi connectivity index (χ0) is 11.8. The van der Waals surface area contributed by atoms with Crippen LogP contribution in [0.25, 0.3) is 0 Å². The maximum absolute atomic E-state index is 2.42. The number of likely N-dealkylation sites (N-methyl/N-ethyl adjacent to an activating group) is 1. The molecule has 0 N–H and O–H groups in total. The highest BCUT2D eigenvalue weighted by Crippen LogP contribution is 2.35. The molecule has 0 amide bonds. The third-order valence-electron chi connectivity index (χ3n) is 3.54. The van der Waals surface area contributed by atoms with Crippen molar-refractivity contribution in [3.63, 3.8) is 0 Å². The van der Waals surface area contributed by atoms with E-state index in [0.717, 1.165) is 13.1 Å². The molecule has 0 saturated carbocycles. The van der Waals surface area contributed by atoms with Gasteiger partial charge >= 0.3 is 0 Å². The van der Waals surface area contributed by atoms with Crippen molar-refractivity contribution < 1.29 is 0 Å². The minimum atomic E-state index is 0.551. The maximum Gasteiger partial charge on any atom is 0.0328 e. The molecule has 2 heteroatoms. The lowest BCUT2D eigenvalue weighted by Gasteiger charge is -2.30. The van der Waals surface area contributed by atoms with Gasteiger partial charge in [-0.25, -0.2) is 0 Å². The quantitative estimate of drug-likeness (QED) is 0.739. The van der Waals surface area contributed by atoms with Gasteiger partial charge in [-0.05, 0) is 36.5 Å². The van der Waals surface area contributed by atoms with Crippen LogP contribution in [0.4, 0.5) is 0 Å². The highest BCUT2D eigenvalue weighted by atomic mass is 32.1. The lowest BCUT2D eigenvalue weighted by Crippen LogP contribution is -2.29. The molecular weight excluding hydrogens is 226 g/mol. The highest BCUT2D eigenvalue weighted by Gasteiger charge is 2.25. The van der Waals surface area contributed by atoms with E-state index in [4.69, 9.17) is 0 Å². The van der Waals surface area contributed by atoms with E-state index in [1.54, 1.807) is 0 Å². The van der Waals surface area contributed by atoms with Gasteiger partial charge in [0.25, 0.3) is 0 Å². The first-order chi connectivity index (χ1) is 8.24. The summed E-state index contributed by atoms with van der Waals surface area (Å²) in [5, 5.41) is 2.23. The molecule has 1 aromatic heterocycles. The van der Waals surface area contributed by atoms with Crippen LogP contribution < -0.4 is 0 Å². The molecular formula is C15H17NS. The van der Waals surface area contributed by atoms with Crippen molar-refractivity contribution in [1.29, 1.82) is 0 Å². The van der Waals surface area contributed by atoms with Crippen LogP contribution in [0.3, 0.4) is 0 Å². The first-order valence-corrected chi connectivity index (χ1v) is 6.93. The van der Waals surface area contributed by atoms with Gasteiger partial charge in [0.05, 0.1) is 0 Å². The monoisotopic (exact) mass is 243 g/mol.